The van der Waals surface area contributed by atoms with Gasteiger partial charge in [-0.05, 0) is 89.9 Å². The third-order valence-corrected chi connectivity index (χ3v) is 11.8. The number of allylic oxidation sites excluding steroid dienone is 10. The molecule has 360 valence electrons. The van der Waals surface area contributed by atoms with Crippen molar-refractivity contribution >= 4 is 11.9 Å². The first kappa shape index (κ1) is 59.6. The summed E-state index contributed by atoms with van der Waals surface area (Å²) in [6.45, 7) is 6.35. The number of amides is 1. The number of hydrogen-bond donors (Lipinski definition) is 3. The zero-order valence-corrected chi connectivity index (χ0v) is 41.0. The van der Waals surface area contributed by atoms with E-state index in [1.807, 2.05) is 0 Å². The van der Waals surface area contributed by atoms with E-state index < -0.39 is 18.2 Å². The van der Waals surface area contributed by atoms with E-state index in [9.17, 15) is 19.8 Å². The molecule has 1 amide bonds. The zero-order valence-electron chi connectivity index (χ0n) is 41.0. The summed E-state index contributed by atoms with van der Waals surface area (Å²) in [6.07, 6.45) is 61.3. The van der Waals surface area contributed by atoms with Gasteiger partial charge < -0.3 is 20.3 Å². The van der Waals surface area contributed by atoms with Gasteiger partial charge in [-0.1, -0.05) is 216 Å². The molecule has 0 aromatic rings. The van der Waals surface area contributed by atoms with Gasteiger partial charge in [0, 0.05) is 6.42 Å². The molecule has 0 aromatic heterocycles. The van der Waals surface area contributed by atoms with Crippen LogP contribution in [0.5, 0.6) is 0 Å². The van der Waals surface area contributed by atoms with E-state index in [0.717, 1.165) is 103 Å². The number of nitrogens with one attached hydrogen (secondary N) is 1. The Balaban J connectivity index is 4.63. The second-order valence-corrected chi connectivity index (χ2v) is 17.9. The van der Waals surface area contributed by atoms with Crippen LogP contribution in [0.25, 0.3) is 0 Å². The molecule has 0 aliphatic carbocycles. The van der Waals surface area contributed by atoms with E-state index in [1.54, 1.807) is 0 Å². The van der Waals surface area contributed by atoms with Gasteiger partial charge in [0.1, 0.15) is 6.10 Å². The normalized spacial score (nSPS) is 13.7. The number of esters is 1. The molecular weight excluding hydrogens is 767 g/mol. The fourth-order valence-electron chi connectivity index (χ4n) is 7.83. The van der Waals surface area contributed by atoms with Crippen LogP contribution in [0, 0.1) is 0 Å². The molecule has 0 rings (SSSR count). The van der Waals surface area contributed by atoms with Crippen LogP contribution >= 0.6 is 0 Å². The van der Waals surface area contributed by atoms with Crippen LogP contribution < -0.4 is 5.32 Å². The average Bonchev–Trinajstić information content (AvgIpc) is 3.26. The predicted octanol–water partition coefficient (Wildman–Crippen LogP) is 16.0. The number of rotatable bonds is 47. The lowest BCUT2D eigenvalue weighted by atomic mass is 10.0. The van der Waals surface area contributed by atoms with E-state index >= 15 is 0 Å². The summed E-state index contributed by atoms with van der Waals surface area (Å²) < 4.78 is 5.93. The molecule has 0 aliphatic rings. The molecule has 62 heavy (non-hydrogen) atoms. The molecule has 0 bridgehead atoms. The molecule has 3 unspecified atom stereocenters. The first-order chi connectivity index (χ1) is 30.5. The summed E-state index contributed by atoms with van der Waals surface area (Å²) in [7, 11) is 0. The Morgan fingerprint density at radius 3 is 1.35 bits per heavy atom. The smallest absolute Gasteiger partial charge is 0.306 e. The Labute approximate surface area is 384 Å². The number of aliphatic hydroxyl groups is 2. The molecule has 6 nitrogen and oxygen atoms in total. The molecule has 0 saturated carbocycles. The van der Waals surface area contributed by atoms with E-state index in [-0.39, 0.29) is 24.9 Å². The maximum atomic E-state index is 13.2. The monoisotopic (exact) mass is 868 g/mol. The highest BCUT2D eigenvalue weighted by Gasteiger charge is 2.24. The van der Waals surface area contributed by atoms with Gasteiger partial charge in [-0.3, -0.25) is 9.59 Å². The average molecular weight is 868 g/mol. The van der Waals surface area contributed by atoms with Gasteiger partial charge in [0.05, 0.1) is 25.2 Å². The first-order valence-electron chi connectivity index (χ1n) is 26.5. The van der Waals surface area contributed by atoms with Gasteiger partial charge in [0.25, 0.3) is 0 Å². The Morgan fingerprint density at radius 2 is 0.871 bits per heavy atom. The van der Waals surface area contributed by atoms with Crippen LogP contribution in [0.15, 0.2) is 60.8 Å². The molecule has 0 aromatic carbocycles. The third-order valence-electron chi connectivity index (χ3n) is 11.8. The van der Waals surface area contributed by atoms with E-state index in [2.05, 4.69) is 86.8 Å². The zero-order chi connectivity index (χ0) is 45.2. The Hall–Kier alpha value is -2.44. The van der Waals surface area contributed by atoms with Crippen molar-refractivity contribution in [1.29, 1.82) is 0 Å². The number of ether oxygens (including phenoxy) is 1. The fraction of sp³-hybridized carbons (Fsp3) is 0.786. The van der Waals surface area contributed by atoms with Crippen molar-refractivity contribution in [2.45, 2.75) is 277 Å². The summed E-state index contributed by atoms with van der Waals surface area (Å²) in [5.41, 5.74) is 0. The molecule has 0 fully saturated rings. The van der Waals surface area contributed by atoms with E-state index in [0.29, 0.717) is 19.3 Å². The summed E-state index contributed by atoms with van der Waals surface area (Å²) in [4.78, 5) is 26.2. The molecular formula is C56H101NO5. The SMILES string of the molecule is CC/C=C/C/C=C/C/C=C/CCCCCCC(=O)OC(CCCCCCC/C=C\C/C=C\CCCCC)CC(=O)NC(CO)C(O)CCCCCCCCCCCCCCCC. The predicted molar refractivity (Wildman–Crippen MR) is 268 cm³/mol. The quantitative estimate of drug-likeness (QED) is 0.0322. The minimum absolute atomic E-state index is 0.0582. The third kappa shape index (κ3) is 44.2. The number of hydrogen-bond acceptors (Lipinski definition) is 5. The molecule has 3 atom stereocenters. The van der Waals surface area contributed by atoms with Crippen LogP contribution in [0.4, 0.5) is 0 Å². The Kier molecular flexibility index (Phi) is 47.6. The van der Waals surface area contributed by atoms with E-state index in [4.69, 9.17) is 4.74 Å². The lowest BCUT2D eigenvalue weighted by molar-refractivity contribution is -0.151. The van der Waals surface area contributed by atoms with Crippen molar-refractivity contribution in [2.75, 3.05) is 6.61 Å². The number of unbranched alkanes of at least 4 members (excludes halogenated alkanes) is 25. The summed E-state index contributed by atoms with van der Waals surface area (Å²) in [5.74, 6) is -0.510. The van der Waals surface area contributed by atoms with Gasteiger partial charge in [0.15, 0.2) is 0 Å². The fourth-order valence-corrected chi connectivity index (χ4v) is 7.83. The molecule has 0 saturated heterocycles. The molecule has 6 heteroatoms. The maximum Gasteiger partial charge on any atom is 0.306 e. The summed E-state index contributed by atoms with van der Waals surface area (Å²) in [6, 6.07) is -0.712. The Morgan fingerprint density at radius 1 is 0.484 bits per heavy atom. The van der Waals surface area contributed by atoms with Crippen molar-refractivity contribution < 1.29 is 24.5 Å². The largest absolute Gasteiger partial charge is 0.462 e. The number of carbonyl (C=O) groups excluding carboxylic acids is 2. The minimum Gasteiger partial charge on any atom is -0.462 e. The highest BCUT2D eigenvalue weighted by molar-refractivity contribution is 5.77. The molecule has 3 N–H and O–H groups in total. The van der Waals surface area contributed by atoms with Crippen molar-refractivity contribution in [3.05, 3.63) is 60.8 Å². The topological polar surface area (TPSA) is 95.9 Å². The second-order valence-electron chi connectivity index (χ2n) is 17.9. The Bertz CT molecular complexity index is 1110. The van der Waals surface area contributed by atoms with Crippen LogP contribution in [0.1, 0.15) is 258 Å². The number of aliphatic hydroxyl groups excluding tert-OH is 2. The first-order valence-corrected chi connectivity index (χ1v) is 26.5. The van der Waals surface area contributed by atoms with Crippen molar-refractivity contribution in [3.63, 3.8) is 0 Å². The number of carbonyl (C=O) groups is 2. The summed E-state index contributed by atoms with van der Waals surface area (Å²) in [5, 5.41) is 23.8. The highest BCUT2D eigenvalue weighted by atomic mass is 16.5. The van der Waals surface area contributed by atoms with Crippen LogP contribution in [-0.2, 0) is 14.3 Å². The van der Waals surface area contributed by atoms with E-state index in [1.165, 1.54) is 109 Å². The molecule has 0 heterocycles. The van der Waals surface area contributed by atoms with Crippen molar-refractivity contribution in [3.8, 4) is 0 Å². The van der Waals surface area contributed by atoms with Gasteiger partial charge in [-0.2, -0.15) is 0 Å². The van der Waals surface area contributed by atoms with Crippen molar-refractivity contribution in [2.24, 2.45) is 0 Å². The maximum absolute atomic E-state index is 13.2. The lowest BCUT2D eigenvalue weighted by Gasteiger charge is -2.24. The van der Waals surface area contributed by atoms with Crippen LogP contribution in [0.3, 0.4) is 0 Å². The second kappa shape index (κ2) is 49.6. The van der Waals surface area contributed by atoms with Crippen molar-refractivity contribution in [1.82, 2.24) is 5.32 Å². The molecule has 0 aliphatic heterocycles. The lowest BCUT2D eigenvalue weighted by Crippen LogP contribution is -2.46. The summed E-state index contributed by atoms with van der Waals surface area (Å²) >= 11 is 0. The van der Waals surface area contributed by atoms with Crippen LogP contribution in [0.2, 0.25) is 0 Å². The highest BCUT2D eigenvalue weighted by Crippen LogP contribution is 2.18. The minimum atomic E-state index is -0.797. The van der Waals surface area contributed by atoms with Gasteiger partial charge >= 0.3 is 5.97 Å². The van der Waals surface area contributed by atoms with Gasteiger partial charge in [-0.15, -0.1) is 0 Å². The van der Waals surface area contributed by atoms with Gasteiger partial charge in [-0.25, -0.2) is 0 Å². The van der Waals surface area contributed by atoms with Gasteiger partial charge in [0.2, 0.25) is 5.91 Å². The van der Waals surface area contributed by atoms with Crippen LogP contribution in [-0.4, -0.2) is 46.9 Å². The molecule has 0 radical (unpaired) electrons. The standard InChI is InChI=1S/C56H101NO5/c1-4-7-10-13-16-19-22-25-28-29-32-35-38-41-44-47-52(62-56(61)49-46-43-40-37-34-31-27-24-21-18-15-12-9-6-3)50-55(60)57-53(51-58)54(59)48-45-42-39-36-33-30-26-23-20-17-14-11-8-5-2/h9,12,16,18-19,21,25,27-28,31,52-54,58-59H,4-8,10-11,13-15,17,20,22-24,26,29-30,32-51H2,1-3H3,(H,57,60)/b12-9+,19-16-,21-18+,28-25-,31-27+. The molecule has 0 spiro atoms.